The molecule has 1 aromatic carbocycles. The van der Waals surface area contributed by atoms with Crippen molar-refractivity contribution in [1.29, 1.82) is 0 Å². The maximum absolute atomic E-state index is 12.0. The van der Waals surface area contributed by atoms with Crippen LogP contribution in [0.3, 0.4) is 0 Å². The van der Waals surface area contributed by atoms with Crippen LogP contribution >= 0.6 is 11.8 Å². The Balaban J connectivity index is 1.37. The molecule has 0 radical (unpaired) electrons. The van der Waals surface area contributed by atoms with E-state index in [2.05, 4.69) is 49.9 Å². The van der Waals surface area contributed by atoms with Crippen LogP contribution in [0.25, 0.3) is 0 Å². The number of benzene rings is 1. The number of amides is 1. The molecular weight excluding hydrogens is 298 g/mol. The number of hydrogen-bond donors (Lipinski definition) is 2. The minimum absolute atomic E-state index is 0.0835. The van der Waals surface area contributed by atoms with E-state index in [0.717, 1.165) is 30.3 Å². The molecule has 1 amide bonds. The van der Waals surface area contributed by atoms with Gasteiger partial charge in [-0.3, -0.25) is 9.69 Å². The molecule has 1 aliphatic heterocycles. The minimum atomic E-state index is 0.0835. The van der Waals surface area contributed by atoms with E-state index in [4.69, 9.17) is 0 Å². The van der Waals surface area contributed by atoms with Crippen molar-refractivity contribution in [3.05, 3.63) is 41.6 Å². The quantitative estimate of drug-likeness (QED) is 0.616. The van der Waals surface area contributed by atoms with Crippen molar-refractivity contribution in [2.45, 2.75) is 18.0 Å². The lowest BCUT2D eigenvalue weighted by Crippen LogP contribution is -2.40. The number of hydrogen-bond acceptors (Lipinski definition) is 5. The molecule has 2 heterocycles. The van der Waals surface area contributed by atoms with E-state index in [9.17, 15) is 4.79 Å². The molecule has 2 aromatic rings. The average molecular weight is 317 g/mol. The third kappa shape index (κ3) is 4.08. The third-order valence-electron chi connectivity index (χ3n) is 3.64. The van der Waals surface area contributed by atoms with Crippen LogP contribution in [-0.2, 0) is 17.8 Å². The summed E-state index contributed by atoms with van der Waals surface area (Å²) in [7, 11) is 0. The van der Waals surface area contributed by atoms with Crippen molar-refractivity contribution in [3.63, 3.8) is 0 Å². The largest absolute Gasteiger partial charge is 0.354 e. The predicted octanol–water partition coefficient (Wildman–Crippen LogP) is 1.07. The molecule has 1 aliphatic rings. The Kier molecular flexibility index (Phi) is 5.07. The van der Waals surface area contributed by atoms with E-state index in [1.165, 1.54) is 11.1 Å². The Bertz CT molecular complexity index is 616. The molecule has 7 heteroatoms. The van der Waals surface area contributed by atoms with Crippen molar-refractivity contribution in [2.75, 3.05) is 25.4 Å². The van der Waals surface area contributed by atoms with Gasteiger partial charge in [0.1, 0.15) is 5.03 Å². The number of aromatic amines is 1. The van der Waals surface area contributed by atoms with Crippen molar-refractivity contribution in [3.8, 4) is 0 Å². The lowest BCUT2D eigenvalue weighted by molar-refractivity contribution is -0.122. The zero-order valence-corrected chi connectivity index (χ0v) is 13.1. The summed E-state index contributed by atoms with van der Waals surface area (Å²) in [5.41, 5.74) is 2.74. The van der Waals surface area contributed by atoms with E-state index >= 15 is 0 Å². The van der Waals surface area contributed by atoms with Crippen molar-refractivity contribution in [1.82, 2.24) is 25.6 Å². The molecule has 0 saturated heterocycles. The van der Waals surface area contributed by atoms with Gasteiger partial charge >= 0.3 is 0 Å². The standard InChI is InChI=1S/C15H19N5OS/c21-14(16-6-8-22-15-9-17-19-18-15)11-20-7-5-12-3-1-2-4-13(12)10-20/h1-4,9H,5-8,10-11H2,(H,16,21)(H,17,18,19). The topological polar surface area (TPSA) is 73.9 Å². The summed E-state index contributed by atoms with van der Waals surface area (Å²) in [6.07, 6.45) is 2.70. The second-order valence-electron chi connectivity index (χ2n) is 5.24. The first-order valence-electron chi connectivity index (χ1n) is 7.35. The molecule has 116 valence electrons. The summed E-state index contributed by atoms with van der Waals surface area (Å²) < 4.78 is 0. The fourth-order valence-electron chi connectivity index (χ4n) is 2.55. The number of carbonyl (C=O) groups excluding carboxylic acids is 1. The smallest absolute Gasteiger partial charge is 0.234 e. The van der Waals surface area contributed by atoms with Crippen LogP contribution in [-0.4, -0.2) is 51.6 Å². The molecule has 0 spiro atoms. The van der Waals surface area contributed by atoms with Crippen molar-refractivity contribution in [2.24, 2.45) is 0 Å². The first-order valence-corrected chi connectivity index (χ1v) is 8.34. The van der Waals surface area contributed by atoms with Crippen molar-refractivity contribution >= 4 is 17.7 Å². The van der Waals surface area contributed by atoms with Gasteiger partial charge in [0.2, 0.25) is 5.91 Å². The highest BCUT2D eigenvalue weighted by molar-refractivity contribution is 7.99. The molecular formula is C15H19N5OS. The molecule has 0 atom stereocenters. The minimum Gasteiger partial charge on any atom is -0.354 e. The zero-order chi connectivity index (χ0) is 15.2. The summed E-state index contributed by atoms with van der Waals surface area (Å²) >= 11 is 1.57. The van der Waals surface area contributed by atoms with E-state index in [0.29, 0.717) is 13.1 Å². The van der Waals surface area contributed by atoms with Gasteiger partial charge in [-0.2, -0.15) is 10.3 Å². The predicted molar refractivity (Wildman–Crippen MR) is 85.5 cm³/mol. The Hall–Kier alpha value is -1.86. The monoisotopic (exact) mass is 317 g/mol. The van der Waals surface area contributed by atoms with Crippen LogP contribution < -0.4 is 5.32 Å². The first kappa shape index (κ1) is 15.1. The van der Waals surface area contributed by atoms with Gasteiger partial charge in [0, 0.05) is 25.4 Å². The molecule has 6 nitrogen and oxygen atoms in total. The van der Waals surface area contributed by atoms with Crippen LogP contribution in [0.15, 0.2) is 35.5 Å². The van der Waals surface area contributed by atoms with E-state index in [-0.39, 0.29) is 5.91 Å². The fraction of sp³-hybridized carbons (Fsp3) is 0.400. The highest BCUT2D eigenvalue weighted by Crippen LogP contribution is 2.17. The third-order valence-corrected chi connectivity index (χ3v) is 4.54. The van der Waals surface area contributed by atoms with Gasteiger partial charge < -0.3 is 5.32 Å². The Morgan fingerprint density at radius 2 is 2.23 bits per heavy atom. The van der Waals surface area contributed by atoms with Gasteiger partial charge in [-0.25, -0.2) is 0 Å². The van der Waals surface area contributed by atoms with Gasteiger partial charge in [0.05, 0.1) is 12.7 Å². The van der Waals surface area contributed by atoms with Crippen LogP contribution in [0.5, 0.6) is 0 Å². The maximum atomic E-state index is 12.0. The number of H-pyrrole nitrogens is 1. The molecule has 22 heavy (non-hydrogen) atoms. The normalized spacial score (nSPS) is 14.5. The molecule has 0 aliphatic carbocycles. The molecule has 0 fully saturated rings. The number of nitrogens with zero attached hydrogens (tertiary/aromatic N) is 3. The van der Waals surface area contributed by atoms with E-state index in [1.807, 2.05) is 0 Å². The van der Waals surface area contributed by atoms with Gasteiger partial charge in [0.15, 0.2) is 0 Å². The number of nitrogens with one attached hydrogen (secondary N) is 2. The number of carbonyl (C=O) groups is 1. The van der Waals surface area contributed by atoms with Crippen LogP contribution in [0.4, 0.5) is 0 Å². The number of fused-ring (bicyclic) bond motifs is 1. The highest BCUT2D eigenvalue weighted by atomic mass is 32.2. The Morgan fingerprint density at radius 1 is 1.36 bits per heavy atom. The first-order chi connectivity index (χ1) is 10.8. The Morgan fingerprint density at radius 3 is 3.05 bits per heavy atom. The van der Waals surface area contributed by atoms with E-state index < -0.39 is 0 Å². The number of rotatable bonds is 6. The molecule has 0 bridgehead atoms. The second kappa shape index (κ2) is 7.42. The Labute approximate surface area is 133 Å². The lowest BCUT2D eigenvalue weighted by atomic mass is 10.00. The van der Waals surface area contributed by atoms with Crippen molar-refractivity contribution < 1.29 is 4.79 Å². The highest BCUT2D eigenvalue weighted by Gasteiger charge is 2.17. The summed E-state index contributed by atoms with van der Waals surface area (Å²) in [5.74, 6) is 0.876. The van der Waals surface area contributed by atoms with Crippen LogP contribution in [0, 0.1) is 0 Å². The van der Waals surface area contributed by atoms with Crippen LogP contribution in [0.2, 0.25) is 0 Å². The van der Waals surface area contributed by atoms with Gasteiger partial charge in [-0.15, -0.1) is 16.9 Å². The summed E-state index contributed by atoms with van der Waals surface area (Å²) in [6.45, 7) is 2.90. The molecule has 0 unspecified atom stereocenters. The second-order valence-corrected chi connectivity index (χ2v) is 6.35. The van der Waals surface area contributed by atoms with E-state index in [1.54, 1.807) is 18.0 Å². The van der Waals surface area contributed by atoms with Crippen LogP contribution in [0.1, 0.15) is 11.1 Å². The molecule has 3 rings (SSSR count). The molecule has 0 saturated carbocycles. The zero-order valence-electron chi connectivity index (χ0n) is 12.3. The van der Waals surface area contributed by atoms with Gasteiger partial charge in [-0.1, -0.05) is 24.3 Å². The maximum Gasteiger partial charge on any atom is 0.234 e. The van der Waals surface area contributed by atoms with Gasteiger partial charge in [0.25, 0.3) is 0 Å². The SMILES string of the molecule is O=C(CN1CCc2ccccc2C1)NCCSc1cn[nH]n1. The average Bonchev–Trinajstić information content (AvgIpc) is 3.05. The fourth-order valence-corrected chi connectivity index (χ4v) is 3.20. The molecule has 2 N–H and O–H groups in total. The summed E-state index contributed by atoms with van der Waals surface area (Å²) in [6, 6.07) is 8.46. The number of thioether (sulfide) groups is 1. The summed E-state index contributed by atoms with van der Waals surface area (Å²) in [5, 5.41) is 14.1. The summed E-state index contributed by atoms with van der Waals surface area (Å²) in [4.78, 5) is 14.2. The molecule has 1 aromatic heterocycles. The number of aromatic nitrogens is 3. The lowest BCUT2D eigenvalue weighted by Gasteiger charge is -2.28. The van der Waals surface area contributed by atoms with Gasteiger partial charge in [-0.05, 0) is 17.5 Å².